The summed E-state index contributed by atoms with van der Waals surface area (Å²) in [5.74, 6) is 0.0489. The van der Waals surface area contributed by atoms with Crippen molar-refractivity contribution < 1.29 is 4.79 Å². The lowest BCUT2D eigenvalue weighted by atomic mass is 10.1. The summed E-state index contributed by atoms with van der Waals surface area (Å²) in [6, 6.07) is 6.42. The molecule has 0 aliphatic carbocycles. The summed E-state index contributed by atoms with van der Waals surface area (Å²) in [5, 5.41) is 6.25. The summed E-state index contributed by atoms with van der Waals surface area (Å²) >= 11 is 0. The summed E-state index contributed by atoms with van der Waals surface area (Å²) in [6.07, 6.45) is 1.02. The summed E-state index contributed by atoms with van der Waals surface area (Å²) in [4.78, 5) is 14.2. The highest BCUT2D eigenvalue weighted by Gasteiger charge is 2.30. The Hall–Kier alpha value is -1.55. The van der Waals surface area contributed by atoms with Gasteiger partial charge in [0.2, 0.25) is 5.91 Å². The molecule has 1 aliphatic rings. The summed E-state index contributed by atoms with van der Waals surface area (Å²) < 4.78 is 0. The first-order valence-electron chi connectivity index (χ1n) is 6.95. The Balaban J connectivity index is 2.24. The van der Waals surface area contributed by atoms with Crippen molar-refractivity contribution in [3.63, 3.8) is 0 Å². The predicted molar refractivity (Wildman–Crippen MR) is 79.6 cm³/mol. The van der Waals surface area contributed by atoms with Crippen LogP contribution in [0.4, 0.5) is 11.4 Å². The van der Waals surface area contributed by atoms with Crippen LogP contribution in [0, 0.1) is 0 Å². The number of hydrogen-bond donors (Lipinski definition) is 2. The standard InChI is InChI=1S/C15H23N3O/c1-5-8-16-14-12-7-6-11(18(4)10(2)3)9-13(12)17-15(14)19/h6-7,9-10,14,16H,5,8H2,1-4H3,(H,17,19). The van der Waals surface area contributed by atoms with E-state index in [-0.39, 0.29) is 11.9 Å². The predicted octanol–water partition coefficient (Wildman–Crippen LogP) is 2.52. The highest BCUT2D eigenvalue weighted by Crippen LogP contribution is 2.34. The number of anilines is 2. The van der Waals surface area contributed by atoms with Gasteiger partial charge >= 0.3 is 0 Å². The van der Waals surface area contributed by atoms with Crippen LogP contribution < -0.4 is 15.5 Å². The van der Waals surface area contributed by atoms with Gasteiger partial charge < -0.3 is 15.5 Å². The molecule has 0 saturated carbocycles. The molecule has 104 valence electrons. The van der Waals surface area contributed by atoms with Crippen LogP contribution in [0.3, 0.4) is 0 Å². The van der Waals surface area contributed by atoms with Crippen molar-refractivity contribution in [2.45, 2.75) is 39.3 Å². The summed E-state index contributed by atoms with van der Waals surface area (Å²) in [5.41, 5.74) is 3.12. The van der Waals surface area contributed by atoms with E-state index >= 15 is 0 Å². The second-order valence-corrected chi connectivity index (χ2v) is 5.35. The highest BCUT2D eigenvalue weighted by molar-refractivity contribution is 6.03. The van der Waals surface area contributed by atoms with Crippen LogP contribution in [0.15, 0.2) is 18.2 Å². The van der Waals surface area contributed by atoms with Gasteiger partial charge in [0.15, 0.2) is 0 Å². The zero-order chi connectivity index (χ0) is 14.0. The average molecular weight is 261 g/mol. The Morgan fingerprint density at radius 3 is 2.79 bits per heavy atom. The van der Waals surface area contributed by atoms with E-state index in [1.165, 1.54) is 0 Å². The van der Waals surface area contributed by atoms with Gasteiger partial charge in [0.1, 0.15) is 6.04 Å². The van der Waals surface area contributed by atoms with E-state index in [0.29, 0.717) is 6.04 Å². The van der Waals surface area contributed by atoms with Crippen molar-refractivity contribution in [2.24, 2.45) is 0 Å². The van der Waals surface area contributed by atoms with E-state index in [1.54, 1.807) is 0 Å². The van der Waals surface area contributed by atoms with E-state index in [2.05, 4.69) is 61.6 Å². The third kappa shape index (κ3) is 2.73. The molecule has 1 amide bonds. The summed E-state index contributed by atoms with van der Waals surface area (Å²) in [6.45, 7) is 7.25. The molecule has 0 bridgehead atoms. The quantitative estimate of drug-likeness (QED) is 0.856. The molecule has 1 atom stereocenters. The minimum atomic E-state index is -0.201. The number of carbonyl (C=O) groups excluding carboxylic acids is 1. The largest absolute Gasteiger partial charge is 0.372 e. The van der Waals surface area contributed by atoms with Crippen LogP contribution in [0.5, 0.6) is 0 Å². The average Bonchev–Trinajstić information content (AvgIpc) is 2.70. The number of fused-ring (bicyclic) bond motifs is 1. The first kappa shape index (κ1) is 13.9. The molecule has 0 spiro atoms. The van der Waals surface area contributed by atoms with Crippen LogP contribution in [0.1, 0.15) is 38.8 Å². The minimum absolute atomic E-state index is 0.0489. The smallest absolute Gasteiger partial charge is 0.246 e. The lowest BCUT2D eigenvalue weighted by molar-refractivity contribution is -0.117. The van der Waals surface area contributed by atoms with Gasteiger partial charge in [-0.2, -0.15) is 0 Å². The number of amides is 1. The fraction of sp³-hybridized carbons (Fsp3) is 0.533. The molecule has 4 nitrogen and oxygen atoms in total. The van der Waals surface area contributed by atoms with Crippen molar-refractivity contribution in [1.82, 2.24) is 5.32 Å². The van der Waals surface area contributed by atoms with Gasteiger partial charge in [-0.05, 0) is 38.9 Å². The maximum atomic E-state index is 12.0. The van der Waals surface area contributed by atoms with Crippen LogP contribution in [0.2, 0.25) is 0 Å². The Kier molecular flexibility index (Phi) is 4.10. The van der Waals surface area contributed by atoms with Crippen LogP contribution in [0.25, 0.3) is 0 Å². The van der Waals surface area contributed by atoms with Gasteiger partial charge in [0.25, 0.3) is 0 Å². The molecule has 0 saturated heterocycles. The maximum absolute atomic E-state index is 12.0. The number of carbonyl (C=O) groups is 1. The monoisotopic (exact) mass is 261 g/mol. The van der Waals surface area contributed by atoms with Crippen molar-refractivity contribution >= 4 is 17.3 Å². The molecule has 0 aromatic heterocycles. The molecule has 19 heavy (non-hydrogen) atoms. The van der Waals surface area contributed by atoms with Crippen LogP contribution >= 0.6 is 0 Å². The van der Waals surface area contributed by atoms with E-state index in [4.69, 9.17) is 0 Å². The van der Waals surface area contributed by atoms with Crippen molar-refractivity contribution in [1.29, 1.82) is 0 Å². The Bertz CT molecular complexity index is 470. The molecule has 4 heteroatoms. The van der Waals surface area contributed by atoms with Gasteiger partial charge in [0, 0.05) is 30.0 Å². The van der Waals surface area contributed by atoms with Gasteiger partial charge in [-0.15, -0.1) is 0 Å². The van der Waals surface area contributed by atoms with Crippen molar-refractivity contribution in [3.05, 3.63) is 23.8 Å². The molecule has 1 aromatic carbocycles. The van der Waals surface area contributed by atoms with Gasteiger partial charge in [0.05, 0.1) is 0 Å². The maximum Gasteiger partial charge on any atom is 0.246 e. The normalized spacial score (nSPS) is 17.5. The second kappa shape index (κ2) is 5.61. The first-order chi connectivity index (χ1) is 9.04. The summed E-state index contributed by atoms with van der Waals surface area (Å²) in [7, 11) is 2.07. The molecule has 2 rings (SSSR count). The van der Waals surface area contributed by atoms with Crippen molar-refractivity contribution in [3.8, 4) is 0 Å². The van der Waals surface area contributed by atoms with E-state index < -0.39 is 0 Å². The van der Waals surface area contributed by atoms with E-state index in [0.717, 1.165) is 29.9 Å². The van der Waals surface area contributed by atoms with Gasteiger partial charge in [-0.1, -0.05) is 13.0 Å². The van der Waals surface area contributed by atoms with Gasteiger partial charge in [-0.25, -0.2) is 0 Å². The molecule has 2 N–H and O–H groups in total. The second-order valence-electron chi connectivity index (χ2n) is 5.35. The zero-order valence-corrected chi connectivity index (χ0v) is 12.2. The lowest BCUT2D eigenvalue weighted by Crippen LogP contribution is -2.28. The number of benzene rings is 1. The van der Waals surface area contributed by atoms with Crippen molar-refractivity contribution in [2.75, 3.05) is 23.8 Å². The fourth-order valence-electron chi connectivity index (χ4n) is 2.26. The molecule has 0 radical (unpaired) electrons. The lowest BCUT2D eigenvalue weighted by Gasteiger charge is -2.24. The molecule has 1 aliphatic heterocycles. The molecular formula is C15H23N3O. The van der Waals surface area contributed by atoms with Gasteiger partial charge in [-0.3, -0.25) is 4.79 Å². The Labute approximate surface area is 115 Å². The topological polar surface area (TPSA) is 44.4 Å². The Morgan fingerprint density at radius 2 is 2.16 bits per heavy atom. The Morgan fingerprint density at radius 1 is 1.42 bits per heavy atom. The third-order valence-corrected chi connectivity index (χ3v) is 3.65. The van der Waals surface area contributed by atoms with Crippen LogP contribution in [-0.4, -0.2) is 25.5 Å². The molecule has 1 unspecified atom stereocenters. The molecule has 1 heterocycles. The third-order valence-electron chi connectivity index (χ3n) is 3.65. The number of hydrogen-bond acceptors (Lipinski definition) is 3. The highest BCUT2D eigenvalue weighted by atomic mass is 16.2. The number of rotatable bonds is 5. The fourth-order valence-corrected chi connectivity index (χ4v) is 2.26. The van der Waals surface area contributed by atoms with Crippen LogP contribution in [-0.2, 0) is 4.79 Å². The van der Waals surface area contributed by atoms with E-state index in [9.17, 15) is 4.79 Å². The molecule has 0 fully saturated rings. The van der Waals surface area contributed by atoms with E-state index in [1.807, 2.05) is 0 Å². The molecule has 1 aromatic rings. The first-order valence-corrected chi connectivity index (χ1v) is 6.95. The zero-order valence-electron chi connectivity index (χ0n) is 12.2. The number of nitrogens with one attached hydrogen (secondary N) is 2. The number of nitrogens with zero attached hydrogens (tertiary/aromatic N) is 1. The minimum Gasteiger partial charge on any atom is -0.372 e. The molecular weight excluding hydrogens is 238 g/mol. The SMILES string of the molecule is CCCNC1C(=O)Nc2cc(N(C)C(C)C)ccc21.